The summed E-state index contributed by atoms with van der Waals surface area (Å²) in [6.45, 7) is 1.94. The fourth-order valence-corrected chi connectivity index (χ4v) is 3.07. The molecule has 1 aromatic carbocycles. The maximum atomic E-state index is 14.1. The van der Waals surface area contributed by atoms with Crippen LogP contribution < -0.4 is 4.74 Å². The van der Waals surface area contributed by atoms with E-state index in [4.69, 9.17) is 10.8 Å². The van der Waals surface area contributed by atoms with Crippen LogP contribution in [0, 0.1) is 17.6 Å². The summed E-state index contributed by atoms with van der Waals surface area (Å²) in [6, 6.07) is -0.0467. The van der Waals surface area contributed by atoms with Gasteiger partial charge in [0.1, 0.15) is 0 Å². The monoisotopic (exact) mass is 369 g/mol. The standard InChI is InChI=1S/C16H17F5O4/c1-7-10(8-5-6-9(17)11(18)12(8)23-3)13(14(22)24-4)25-15(7,2)16(19,20)21/h5-7,10,13H,1-4H3/t7-,10-,13-,15-/m0/s1/i6D. The number of ether oxygens (including phenoxy) is 3. The number of carbonyl (C=O) groups excluding carboxylic acids is 1. The first-order valence-electron chi connectivity index (χ1n) is 7.75. The Morgan fingerprint density at radius 1 is 1.36 bits per heavy atom. The van der Waals surface area contributed by atoms with E-state index in [2.05, 4.69) is 4.74 Å². The van der Waals surface area contributed by atoms with Gasteiger partial charge < -0.3 is 14.2 Å². The molecule has 4 nitrogen and oxygen atoms in total. The van der Waals surface area contributed by atoms with Crippen LogP contribution in [0.3, 0.4) is 0 Å². The summed E-state index contributed by atoms with van der Waals surface area (Å²) in [7, 11) is 1.97. The molecule has 0 saturated carbocycles. The second kappa shape index (κ2) is 6.44. The van der Waals surface area contributed by atoms with E-state index in [0.29, 0.717) is 0 Å². The summed E-state index contributed by atoms with van der Waals surface area (Å²) in [5, 5.41) is 0. The molecule has 1 aliphatic rings. The van der Waals surface area contributed by atoms with Gasteiger partial charge in [0.05, 0.1) is 15.6 Å². The van der Waals surface area contributed by atoms with Crippen LogP contribution in [-0.4, -0.2) is 38.1 Å². The van der Waals surface area contributed by atoms with Crippen molar-refractivity contribution >= 4 is 5.97 Å². The fraction of sp³-hybridized carbons (Fsp3) is 0.562. The molecule has 4 atom stereocenters. The van der Waals surface area contributed by atoms with Crippen molar-refractivity contribution < 1.29 is 42.3 Å². The van der Waals surface area contributed by atoms with E-state index in [0.717, 1.165) is 27.2 Å². The van der Waals surface area contributed by atoms with Crippen LogP contribution in [0.2, 0.25) is 0 Å². The van der Waals surface area contributed by atoms with Crippen LogP contribution in [0.4, 0.5) is 22.0 Å². The number of benzene rings is 1. The highest BCUT2D eigenvalue weighted by Crippen LogP contribution is 2.54. The molecule has 1 aromatic rings. The third kappa shape index (κ3) is 2.94. The predicted octanol–water partition coefficient (Wildman–Crippen LogP) is 3.59. The van der Waals surface area contributed by atoms with Crippen LogP contribution in [0.25, 0.3) is 0 Å². The number of halogens is 5. The Balaban J connectivity index is 2.71. The van der Waals surface area contributed by atoms with Gasteiger partial charge in [0.15, 0.2) is 23.3 Å². The molecule has 25 heavy (non-hydrogen) atoms. The summed E-state index contributed by atoms with van der Waals surface area (Å²) in [4.78, 5) is 12.0. The molecule has 0 bridgehead atoms. The van der Waals surface area contributed by atoms with Gasteiger partial charge in [-0.3, -0.25) is 0 Å². The summed E-state index contributed by atoms with van der Waals surface area (Å²) in [6.07, 6.45) is -6.58. The highest BCUT2D eigenvalue weighted by atomic mass is 19.4. The first-order chi connectivity index (χ1) is 11.9. The van der Waals surface area contributed by atoms with Crippen molar-refractivity contribution in [2.75, 3.05) is 14.2 Å². The van der Waals surface area contributed by atoms with Crippen molar-refractivity contribution in [1.82, 2.24) is 0 Å². The predicted molar refractivity (Wildman–Crippen MR) is 76.2 cm³/mol. The number of alkyl halides is 3. The number of methoxy groups -OCH3 is 2. The molecule has 1 saturated heterocycles. The third-order valence-corrected chi connectivity index (χ3v) is 4.67. The van der Waals surface area contributed by atoms with Crippen LogP contribution in [0.5, 0.6) is 5.75 Å². The summed E-state index contributed by atoms with van der Waals surface area (Å²) in [5.74, 6) is -7.57. The maximum absolute atomic E-state index is 14.1. The zero-order valence-corrected chi connectivity index (χ0v) is 13.8. The Morgan fingerprint density at radius 3 is 2.44 bits per heavy atom. The molecule has 140 valence electrons. The van der Waals surface area contributed by atoms with Crippen molar-refractivity contribution in [3.05, 3.63) is 29.3 Å². The first kappa shape index (κ1) is 17.9. The van der Waals surface area contributed by atoms with Crippen molar-refractivity contribution in [3.8, 4) is 5.75 Å². The molecular weight excluding hydrogens is 351 g/mol. The maximum Gasteiger partial charge on any atom is 0.417 e. The molecule has 1 heterocycles. The summed E-state index contributed by atoms with van der Waals surface area (Å²) < 4.78 is 90.3. The third-order valence-electron chi connectivity index (χ3n) is 4.67. The van der Waals surface area contributed by atoms with E-state index in [9.17, 15) is 26.7 Å². The SMILES string of the molecule is [2H]c1cc([C@H]2[C@@H](C(=O)OC)O[C@](C)(C(F)(F)F)[C@H]2C)c(OC)c(F)c1F. The van der Waals surface area contributed by atoms with E-state index < -0.39 is 59.1 Å². The molecule has 0 aromatic heterocycles. The molecule has 0 unspecified atom stereocenters. The number of esters is 1. The normalized spacial score (nSPS) is 30.1. The second-order valence-corrected chi connectivity index (χ2v) is 5.89. The zero-order chi connectivity index (χ0) is 20.0. The van der Waals surface area contributed by atoms with Crippen molar-refractivity contribution in [3.63, 3.8) is 0 Å². The molecule has 0 spiro atoms. The Morgan fingerprint density at radius 2 is 1.96 bits per heavy atom. The van der Waals surface area contributed by atoms with Crippen molar-refractivity contribution in [2.24, 2.45) is 5.92 Å². The lowest BCUT2D eigenvalue weighted by Gasteiger charge is -2.31. The van der Waals surface area contributed by atoms with Gasteiger partial charge in [-0.1, -0.05) is 13.0 Å². The summed E-state index contributed by atoms with van der Waals surface area (Å²) in [5.41, 5.74) is -3.01. The molecule has 2 rings (SSSR count). The first-order valence-corrected chi connectivity index (χ1v) is 7.25. The minimum absolute atomic E-state index is 0.271. The average molecular weight is 369 g/mol. The minimum Gasteiger partial charge on any atom is -0.493 e. The molecular formula is C16H17F5O4. The topological polar surface area (TPSA) is 44.8 Å². The van der Waals surface area contributed by atoms with Gasteiger partial charge in [0.2, 0.25) is 5.82 Å². The van der Waals surface area contributed by atoms with Gasteiger partial charge in [-0.2, -0.15) is 17.6 Å². The second-order valence-electron chi connectivity index (χ2n) is 5.89. The average Bonchev–Trinajstić information content (AvgIpc) is 2.84. The van der Waals surface area contributed by atoms with Gasteiger partial charge in [-0.15, -0.1) is 0 Å². The Kier molecular flexibility index (Phi) is 4.61. The van der Waals surface area contributed by atoms with E-state index in [1.807, 2.05) is 0 Å². The number of rotatable bonds is 3. The lowest BCUT2D eigenvalue weighted by Crippen LogP contribution is -2.47. The summed E-state index contributed by atoms with van der Waals surface area (Å²) >= 11 is 0. The highest BCUT2D eigenvalue weighted by Gasteiger charge is 2.66. The van der Waals surface area contributed by atoms with Crippen LogP contribution in [0.1, 0.15) is 26.7 Å². The smallest absolute Gasteiger partial charge is 0.417 e. The fourth-order valence-electron chi connectivity index (χ4n) is 3.07. The van der Waals surface area contributed by atoms with E-state index in [1.54, 1.807) is 0 Å². The lowest BCUT2D eigenvalue weighted by atomic mass is 9.77. The quantitative estimate of drug-likeness (QED) is 0.604. The van der Waals surface area contributed by atoms with Gasteiger partial charge in [-0.05, 0) is 13.0 Å². The van der Waals surface area contributed by atoms with Gasteiger partial charge in [0.25, 0.3) is 0 Å². The van der Waals surface area contributed by atoms with Crippen LogP contribution in [0.15, 0.2) is 12.1 Å². The molecule has 0 radical (unpaired) electrons. The largest absolute Gasteiger partial charge is 0.493 e. The van der Waals surface area contributed by atoms with Crippen LogP contribution in [-0.2, 0) is 14.3 Å². The van der Waals surface area contributed by atoms with E-state index >= 15 is 0 Å². The molecule has 1 fully saturated rings. The van der Waals surface area contributed by atoms with Gasteiger partial charge in [0, 0.05) is 17.4 Å². The Bertz CT molecular complexity index is 724. The van der Waals surface area contributed by atoms with Gasteiger partial charge >= 0.3 is 12.1 Å². The minimum atomic E-state index is -4.84. The number of carbonyl (C=O) groups is 1. The molecule has 1 aliphatic heterocycles. The van der Waals surface area contributed by atoms with E-state index in [-0.39, 0.29) is 5.56 Å². The van der Waals surface area contributed by atoms with Crippen molar-refractivity contribution in [2.45, 2.75) is 37.6 Å². The van der Waals surface area contributed by atoms with Crippen molar-refractivity contribution in [1.29, 1.82) is 0 Å². The molecule has 0 N–H and O–H groups in total. The highest BCUT2D eigenvalue weighted by molar-refractivity contribution is 5.77. The Labute approximate surface area is 142 Å². The van der Waals surface area contributed by atoms with Gasteiger partial charge in [-0.25, -0.2) is 9.18 Å². The number of hydrogen-bond donors (Lipinski definition) is 0. The lowest BCUT2D eigenvalue weighted by molar-refractivity contribution is -0.274. The molecule has 0 amide bonds. The Hall–Kier alpha value is -1.90. The number of hydrogen-bond acceptors (Lipinski definition) is 4. The van der Waals surface area contributed by atoms with E-state index in [1.165, 1.54) is 6.92 Å². The molecule has 9 heteroatoms. The van der Waals surface area contributed by atoms with Crippen LogP contribution >= 0.6 is 0 Å². The molecule has 0 aliphatic carbocycles. The zero-order valence-electron chi connectivity index (χ0n) is 14.8.